The van der Waals surface area contributed by atoms with Gasteiger partial charge in [-0.2, -0.15) is 13.2 Å². The average Bonchev–Trinajstić information content (AvgIpc) is 2.44. The Balaban J connectivity index is 1.86. The Kier molecular flexibility index (Phi) is 5.94. The van der Waals surface area contributed by atoms with E-state index in [0.29, 0.717) is 18.9 Å². The zero-order chi connectivity index (χ0) is 16.2. The molecule has 1 aliphatic heterocycles. The van der Waals surface area contributed by atoms with Crippen LogP contribution in [0.1, 0.15) is 44.9 Å². The van der Waals surface area contributed by atoms with Crippen LogP contribution >= 0.6 is 0 Å². The number of carbonyl (C=O) groups is 1. The van der Waals surface area contributed by atoms with Gasteiger partial charge in [-0.05, 0) is 37.6 Å². The van der Waals surface area contributed by atoms with Gasteiger partial charge in [0.1, 0.15) is 0 Å². The quantitative estimate of drug-likeness (QED) is 0.836. The van der Waals surface area contributed by atoms with Crippen molar-refractivity contribution in [3.63, 3.8) is 0 Å². The van der Waals surface area contributed by atoms with E-state index in [4.69, 9.17) is 5.73 Å². The molecular formula is C15H26F3N3O. The summed E-state index contributed by atoms with van der Waals surface area (Å²) in [6.07, 6.45) is 1.54. The van der Waals surface area contributed by atoms with Gasteiger partial charge in [0, 0.05) is 25.6 Å². The second-order valence-corrected chi connectivity index (χ2v) is 6.77. The predicted octanol–water partition coefficient (Wildman–Crippen LogP) is 2.88. The van der Waals surface area contributed by atoms with Crippen LogP contribution in [0.15, 0.2) is 0 Å². The van der Waals surface area contributed by atoms with Crippen molar-refractivity contribution in [3.05, 3.63) is 0 Å². The maximum Gasteiger partial charge on any atom is 0.389 e. The third-order valence-corrected chi connectivity index (χ3v) is 4.79. The number of primary amides is 1. The molecular weight excluding hydrogens is 295 g/mol. The van der Waals surface area contributed by atoms with Crippen molar-refractivity contribution in [2.24, 2.45) is 17.6 Å². The summed E-state index contributed by atoms with van der Waals surface area (Å²) in [5.41, 5.74) is 5.27. The molecule has 2 aliphatic rings. The summed E-state index contributed by atoms with van der Waals surface area (Å²) < 4.78 is 37.9. The smallest absolute Gasteiger partial charge is 0.351 e. The second-order valence-electron chi connectivity index (χ2n) is 6.77. The fourth-order valence-electron chi connectivity index (χ4n) is 3.73. The lowest BCUT2D eigenvalue weighted by Crippen LogP contribution is -2.54. The zero-order valence-electron chi connectivity index (χ0n) is 12.9. The van der Waals surface area contributed by atoms with Crippen LogP contribution in [-0.2, 0) is 0 Å². The Morgan fingerprint density at radius 2 is 1.82 bits per heavy atom. The molecule has 7 heteroatoms. The van der Waals surface area contributed by atoms with E-state index in [1.165, 1.54) is 37.0 Å². The first-order valence-corrected chi connectivity index (χ1v) is 8.18. The van der Waals surface area contributed by atoms with Crippen molar-refractivity contribution < 1.29 is 18.0 Å². The highest BCUT2D eigenvalue weighted by molar-refractivity contribution is 5.72. The molecule has 0 aromatic rings. The predicted molar refractivity (Wildman–Crippen MR) is 78.3 cm³/mol. The summed E-state index contributed by atoms with van der Waals surface area (Å²) in [7, 11) is 0. The molecule has 0 radical (unpaired) electrons. The normalized spacial score (nSPS) is 27.9. The molecule has 2 rings (SSSR count). The fourth-order valence-corrected chi connectivity index (χ4v) is 3.73. The third kappa shape index (κ3) is 5.66. The van der Waals surface area contributed by atoms with Crippen LogP contribution in [0, 0.1) is 11.8 Å². The molecule has 2 fully saturated rings. The fraction of sp³-hybridized carbons (Fsp3) is 0.933. The molecule has 3 N–H and O–H groups in total. The highest BCUT2D eigenvalue weighted by Gasteiger charge is 2.37. The Morgan fingerprint density at radius 3 is 2.41 bits per heavy atom. The van der Waals surface area contributed by atoms with Crippen LogP contribution in [-0.4, -0.2) is 42.8 Å². The number of hydrogen-bond donors (Lipinski definition) is 2. The lowest BCUT2D eigenvalue weighted by molar-refractivity contribution is -0.148. The van der Waals surface area contributed by atoms with Gasteiger partial charge in [0.05, 0.1) is 0 Å². The first kappa shape index (κ1) is 17.4. The van der Waals surface area contributed by atoms with Crippen molar-refractivity contribution >= 4 is 6.03 Å². The van der Waals surface area contributed by atoms with Crippen LogP contribution in [0.4, 0.5) is 18.0 Å². The summed E-state index contributed by atoms with van der Waals surface area (Å²) in [4.78, 5) is 12.7. The van der Waals surface area contributed by atoms with Crippen LogP contribution in [0.5, 0.6) is 0 Å². The number of nitrogens with one attached hydrogen (secondary N) is 1. The number of likely N-dealkylation sites (tertiary alicyclic amines) is 1. The number of amides is 2. The van der Waals surface area contributed by atoms with Gasteiger partial charge >= 0.3 is 12.2 Å². The van der Waals surface area contributed by atoms with Gasteiger partial charge in [0.2, 0.25) is 0 Å². The largest absolute Gasteiger partial charge is 0.389 e. The maximum atomic E-state index is 12.6. The van der Waals surface area contributed by atoms with E-state index in [1.54, 1.807) is 0 Å². The van der Waals surface area contributed by atoms with Crippen molar-refractivity contribution in [1.29, 1.82) is 0 Å². The molecule has 22 heavy (non-hydrogen) atoms. The first-order chi connectivity index (χ1) is 10.3. The summed E-state index contributed by atoms with van der Waals surface area (Å²) in [5.74, 6) is 0.0453. The molecule has 0 aromatic carbocycles. The topological polar surface area (TPSA) is 58.4 Å². The van der Waals surface area contributed by atoms with E-state index in [9.17, 15) is 18.0 Å². The number of halogens is 3. The van der Waals surface area contributed by atoms with Gasteiger partial charge < -0.3 is 16.0 Å². The summed E-state index contributed by atoms with van der Waals surface area (Å²) in [6, 6.07) is -0.716. The van der Waals surface area contributed by atoms with E-state index in [-0.39, 0.29) is 12.6 Å². The molecule has 0 aromatic heterocycles. The van der Waals surface area contributed by atoms with E-state index in [0.717, 1.165) is 6.54 Å². The molecule has 0 spiro atoms. The van der Waals surface area contributed by atoms with Crippen LogP contribution in [0.2, 0.25) is 0 Å². The van der Waals surface area contributed by atoms with Gasteiger partial charge in [-0.3, -0.25) is 0 Å². The monoisotopic (exact) mass is 321 g/mol. The summed E-state index contributed by atoms with van der Waals surface area (Å²) in [6.45, 7) is 1.35. The standard InChI is InChI=1S/C15H26F3N3O/c16-15(17,18)7-12-6-13(10-21(9-12)14(19)22)20-8-11-4-2-1-3-5-11/h11-13,20H,1-10H2,(H2,19,22). The van der Waals surface area contributed by atoms with Gasteiger partial charge in [-0.25, -0.2) is 4.79 Å². The number of carbonyl (C=O) groups excluding carboxylic acids is 1. The maximum absolute atomic E-state index is 12.6. The molecule has 1 heterocycles. The molecule has 1 aliphatic carbocycles. The van der Waals surface area contributed by atoms with E-state index in [2.05, 4.69) is 5.32 Å². The van der Waals surface area contributed by atoms with Crippen molar-refractivity contribution in [2.45, 2.75) is 57.2 Å². The van der Waals surface area contributed by atoms with Crippen molar-refractivity contribution in [3.8, 4) is 0 Å². The summed E-state index contributed by atoms with van der Waals surface area (Å²) >= 11 is 0. The minimum absolute atomic E-state index is 0.0875. The minimum atomic E-state index is -4.20. The Hall–Kier alpha value is -0.980. The lowest BCUT2D eigenvalue weighted by atomic mass is 9.88. The number of piperidine rings is 1. The lowest BCUT2D eigenvalue weighted by Gasteiger charge is -2.38. The summed E-state index contributed by atoms with van der Waals surface area (Å²) in [5, 5.41) is 3.38. The zero-order valence-corrected chi connectivity index (χ0v) is 12.9. The van der Waals surface area contributed by atoms with Crippen molar-refractivity contribution in [1.82, 2.24) is 10.2 Å². The first-order valence-electron chi connectivity index (χ1n) is 8.18. The number of hydrogen-bond acceptors (Lipinski definition) is 2. The average molecular weight is 321 g/mol. The van der Waals surface area contributed by atoms with E-state index in [1.807, 2.05) is 0 Å². The highest BCUT2D eigenvalue weighted by atomic mass is 19.4. The van der Waals surface area contributed by atoms with E-state index >= 15 is 0 Å². The Morgan fingerprint density at radius 1 is 1.14 bits per heavy atom. The molecule has 4 nitrogen and oxygen atoms in total. The second kappa shape index (κ2) is 7.53. The molecule has 2 atom stereocenters. The van der Waals surface area contributed by atoms with Crippen LogP contribution in [0.3, 0.4) is 0 Å². The van der Waals surface area contributed by atoms with Gasteiger partial charge in [-0.1, -0.05) is 19.3 Å². The highest BCUT2D eigenvalue weighted by Crippen LogP contribution is 2.30. The molecule has 2 amide bonds. The van der Waals surface area contributed by atoms with Gasteiger partial charge in [0.25, 0.3) is 0 Å². The van der Waals surface area contributed by atoms with Crippen LogP contribution in [0.25, 0.3) is 0 Å². The number of alkyl halides is 3. The Labute approximate surface area is 129 Å². The van der Waals surface area contributed by atoms with Gasteiger partial charge in [-0.15, -0.1) is 0 Å². The van der Waals surface area contributed by atoms with Crippen LogP contribution < -0.4 is 11.1 Å². The molecule has 128 valence electrons. The molecule has 2 unspecified atom stereocenters. The van der Waals surface area contributed by atoms with Gasteiger partial charge in [0.15, 0.2) is 0 Å². The number of urea groups is 1. The molecule has 1 saturated heterocycles. The molecule has 1 saturated carbocycles. The number of nitrogens with two attached hydrogens (primary N) is 1. The van der Waals surface area contributed by atoms with Crippen molar-refractivity contribution in [2.75, 3.05) is 19.6 Å². The number of rotatable bonds is 4. The van der Waals surface area contributed by atoms with E-state index < -0.39 is 24.5 Å². The third-order valence-electron chi connectivity index (χ3n) is 4.79. The molecule has 0 bridgehead atoms. The number of nitrogens with zero attached hydrogens (tertiary/aromatic N) is 1. The SMILES string of the molecule is NC(=O)N1CC(CC(F)(F)F)CC(NCC2CCCCC2)C1. The minimum Gasteiger partial charge on any atom is -0.351 e. The Bertz CT molecular complexity index is 370.